The zero-order valence-corrected chi connectivity index (χ0v) is 17.1. The lowest BCUT2D eigenvalue weighted by Gasteiger charge is -2.23. The number of carbonyl (C=O) groups is 1. The first kappa shape index (κ1) is 18.6. The fraction of sp³-hybridized carbons (Fsp3) is 0.167. The molecule has 148 valence electrons. The number of hydrogen-bond donors (Lipinski definition) is 2. The van der Waals surface area contributed by atoms with Gasteiger partial charge in [-0.2, -0.15) is 5.26 Å². The summed E-state index contributed by atoms with van der Waals surface area (Å²) in [7, 11) is 0. The van der Waals surface area contributed by atoms with Gasteiger partial charge in [0.25, 0.3) is 5.91 Å². The first-order valence-corrected chi connectivity index (χ1v) is 10.7. The van der Waals surface area contributed by atoms with E-state index in [2.05, 4.69) is 35.7 Å². The minimum atomic E-state index is -0.324. The van der Waals surface area contributed by atoms with Crippen LogP contribution >= 0.6 is 11.3 Å². The summed E-state index contributed by atoms with van der Waals surface area (Å²) in [5.41, 5.74) is 3.66. The largest absolute Gasteiger partial charge is 0.451 e. The van der Waals surface area contributed by atoms with Crippen molar-refractivity contribution in [3.8, 4) is 6.07 Å². The van der Waals surface area contributed by atoms with Crippen LogP contribution in [0.2, 0.25) is 0 Å². The van der Waals surface area contributed by atoms with E-state index in [9.17, 15) is 10.1 Å². The van der Waals surface area contributed by atoms with E-state index in [1.807, 2.05) is 30.3 Å². The Morgan fingerprint density at radius 1 is 1.17 bits per heavy atom. The molecule has 5 nitrogen and oxygen atoms in total. The number of nitriles is 1. The van der Waals surface area contributed by atoms with Gasteiger partial charge in [-0.05, 0) is 17.7 Å². The van der Waals surface area contributed by atoms with Gasteiger partial charge in [-0.3, -0.25) is 4.79 Å². The highest BCUT2D eigenvalue weighted by Gasteiger charge is 2.28. The smallest absolute Gasteiger partial charge is 0.292 e. The number of fused-ring (bicyclic) bond motifs is 2. The van der Waals surface area contributed by atoms with E-state index in [1.54, 1.807) is 6.07 Å². The van der Waals surface area contributed by atoms with E-state index in [-0.39, 0.29) is 11.7 Å². The molecule has 2 aromatic heterocycles. The van der Waals surface area contributed by atoms with Gasteiger partial charge in [0, 0.05) is 17.4 Å². The molecular formula is C24H20N3O2S+. The van der Waals surface area contributed by atoms with E-state index in [0.717, 1.165) is 37.0 Å². The molecule has 0 saturated heterocycles. The predicted octanol–water partition coefficient (Wildman–Crippen LogP) is 3.76. The van der Waals surface area contributed by atoms with Gasteiger partial charge in [0.2, 0.25) is 0 Å². The van der Waals surface area contributed by atoms with Gasteiger partial charge in [-0.25, -0.2) is 0 Å². The molecule has 1 atom stereocenters. The Balaban J connectivity index is 1.36. The van der Waals surface area contributed by atoms with Crippen LogP contribution in [-0.2, 0) is 19.5 Å². The van der Waals surface area contributed by atoms with Crippen molar-refractivity contribution in [2.24, 2.45) is 0 Å². The summed E-state index contributed by atoms with van der Waals surface area (Å²) in [6.07, 6.45) is 0.845. The number of amides is 1. The van der Waals surface area contributed by atoms with Gasteiger partial charge in [0.05, 0.1) is 17.0 Å². The van der Waals surface area contributed by atoms with Crippen molar-refractivity contribution >= 4 is 33.2 Å². The topological polar surface area (TPSA) is 70.5 Å². The van der Waals surface area contributed by atoms with Crippen molar-refractivity contribution in [2.45, 2.75) is 19.5 Å². The molecule has 0 radical (unpaired) electrons. The zero-order chi connectivity index (χ0) is 20.5. The van der Waals surface area contributed by atoms with Crippen LogP contribution < -0.4 is 10.2 Å². The van der Waals surface area contributed by atoms with Crippen molar-refractivity contribution < 1.29 is 14.1 Å². The van der Waals surface area contributed by atoms with Gasteiger partial charge in [-0.15, -0.1) is 11.3 Å². The number of hydrogen-bond acceptors (Lipinski definition) is 4. The highest BCUT2D eigenvalue weighted by Crippen LogP contribution is 2.34. The van der Waals surface area contributed by atoms with Crippen LogP contribution in [0.3, 0.4) is 0 Å². The minimum absolute atomic E-state index is 0.253. The molecule has 3 heterocycles. The molecule has 1 unspecified atom stereocenters. The first-order chi connectivity index (χ1) is 14.7. The van der Waals surface area contributed by atoms with Crippen molar-refractivity contribution in [1.82, 2.24) is 0 Å². The number of benzene rings is 2. The number of carbonyl (C=O) groups excluding carboxylic acids is 1. The van der Waals surface area contributed by atoms with E-state index < -0.39 is 0 Å². The first-order valence-electron chi connectivity index (χ1n) is 9.93. The number of furan rings is 1. The molecule has 2 aromatic carbocycles. The minimum Gasteiger partial charge on any atom is -0.451 e. The standard InChI is InChI=1S/C24H19N3O2S/c25-13-19-18-10-11-27(14-16-6-2-1-3-7-16)15-22(18)30-24(19)26-23(28)21-12-17-8-4-5-9-20(17)29-21/h1-9,12H,10-11,14-15H2,(H,26,28)/p+1. The predicted molar refractivity (Wildman–Crippen MR) is 117 cm³/mol. The van der Waals surface area contributed by atoms with Gasteiger partial charge >= 0.3 is 0 Å². The Bertz CT molecular complexity index is 1230. The van der Waals surface area contributed by atoms with E-state index >= 15 is 0 Å². The summed E-state index contributed by atoms with van der Waals surface area (Å²) in [4.78, 5) is 15.4. The third kappa shape index (κ3) is 3.50. The maximum absolute atomic E-state index is 12.8. The average Bonchev–Trinajstić information content (AvgIpc) is 3.35. The summed E-state index contributed by atoms with van der Waals surface area (Å²) in [5, 5.41) is 14.2. The molecule has 5 rings (SSSR count). The normalized spacial score (nSPS) is 15.5. The Morgan fingerprint density at radius 2 is 1.97 bits per heavy atom. The molecule has 4 aromatic rings. The monoisotopic (exact) mass is 414 g/mol. The molecule has 0 saturated carbocycles. The average molecular weight is 415 g/mol. The molecule has 1 amide bonds. The van der Waals surface area contributed by atoms with Crippen molar-refractivity contribution in [2.75, 3.05) is 11.9 Å². The number of quaternary nitrogens is 1. The fourth-order valence-electron chi connectivity index (χ4n) is 4.04. The summed E-state index contributed by atoms with van der Waals surface area (Å²) in [6, 6.07) is 22.0. The van der Waals surface area contributed by atoms with Crippen LogP contribution in [0.5, 0.6) is 0 Å². The Kier molecular flexibility index (Phi) is 4.83. The number of rotatable bonds is 4. The van der Waals surface area contributed by atoms with Crippen molar-refractivity contribution in [1.29, 1.82) is 5.26 Å². The molecular weight excluding hydrogens is 394 g/mol. The summed E-state index contributed by atoms with van der Waals surface area (Å²) < 4.78 is 5.67. The van der Waals surface area contributed by atoms with Crippen LogP contribution in [0.25, 0.3) is 11.0 Å². The van der Waals surface area contributed by atoms with Crippen molar-refractivity contribution in [3.05, 3.63) is 88.0 Å². The third-order valence-electron chi connectivity index (χ3n) is 5.51. The lowest BCUT2D eigenvalue weighted by atomic mass is 10.0. The molecule has 6 heteroatoms. The second kappa shape index (κ2) is 7.79. The second-order valence-corrected chi connectivity index (χ2v) is 8.62. The van der Waals surface area contributed by atoms with E-state index in [4.69, 9.17) is 4.42 Å². The third-order valence-corrected chi connectivity index (χ3v) is 6.66. The van der Waals surface area contributed by atoms with Gasteiger partial charge in [-0.1, -0.05) is 48.5 Å². The molecule has 0 aliphatic carbocycles. The summed E-state index contributed by atoms with van der Waals surface area (Å²) >= 11 is 1.51. The maximum atomic E-state index is 12.8. The molecule has 1 aliphatic heterocycles. The summed E-state index contributed by atoms with van der Waals surface area (Å²) in [6.45, 7) is 2.80. The quantitative estimate of drug-likeness (QED) is 0.534. The number of para-hydroxylation sites is 1. The van der Waals surface area contributed by atoms with Gasteiger partial charge in [0.1, 0.15) is 29.7 Å². The van der Waals surface area contributed by atoms with Crippen LogP contribution in [0.15, 0.2) is 65.1 Å². The van der Waals surface area contributed by atoms with Gasteiger partial charge < -0.3 is 14.6 Å². The fourth-order valence-corrected chi connectivity index (χ4v) is 5.30. The van der Waals surface area contributed by atoms with Crippen molar-refractivity contribution in [3.63, 3.8) is 0 Å². The highest BCUT2D eigenvalue weighted by atomic mass is 32.1. The molecule has 2 N–H and O–H groups in total. The Morgan fingerprint density at radius 3 is 2.77 bits per heavy atom. The second-order valence-electron chi connectivity index (χ2n) is 7.51. The van der Waals surface area contributed by atoms with Crippen LogP contribution in [-0.4, -0.2) is 12.5 Å². The number of anilines is 1. The van der Waals surface area contributed by atoms with Crippen LogP contribution in [0, 0.1) is 11.3 Å². The Labute approximate surface area is 178 Å². The molecule has 1 aliphatic rings. The summed E-state index contributed by atoms with van der Waals surface area (Å²) in [5.74, 6) is -0.0717. The SMILES string of the molecule is N#Cc1c(NC(=O)c2cc3ccccc3o2)sc2c1CC[NH+](Cc1ccccc1)C2. The van der Waals surface area contributed by atoms with Crippen LogP contribution in [0.1, 0.15) is 32.1 Å². The zero-order valence-electron chi connectivity index (χ0n) is 16.3. The van der Waals surface area contributed by atoms with Crippen LogP contribution in [0.4, 0.5) is 5.00 Å². The lowest BCUT2D eigenvalue weighted by molar-refractivity contribution is -0.929. The number of nitrogens with one attached hydrogen (secondary N) is 2. The molecule has 0 spiro atoms. The van der Waals surface area contributed by atoms with E-state index in [0.29, 0.717) is 16.1 Å². The molecule has 0 bridgehead atoms. The molecule has 30 heavy (non-hydrogen) atoms. The lowest BCUT2D eigenvalue weighted by Crippen LogP contribution is -3.10. The van der Waals surface area contributed by atoms with Gasteiger partial charge in [0.15, 0.2) is 5.76 Å². The maximum Gasteiger partial charge on any atom is 0.292 e. The number of nitrogens with zero attached hydrogens (tertiary/aromatic N) is 1. The molecule has 0 fully saturated rings. The van der Waals surface area contributed by atoms with E-state index in [1.165, 1.54) is 26.7 Å². The number of thiophene rings is 1. The highest BCUT2D eigenvalue weighted by molar-refractivity contribution is 7.16. The Hall–Kier alpha value is -3.40.